The highest BCUT2D eigenvalue weighted by Gasteiger charge is 2.34. The van der Waals surface area contributed by atoms with Crippen LogP contribution in [0.3, 0.4) is 0 Å². The zero-order valence-electron chi connectivity index (χ0n) is 13.4. The summed E-state index contributed by atoms with van der Waals surface area (Å²) in [6, 6.07) is 8.92. The molecular weight excluding hydrogens is 355 g/mol. The first-order valence-electron chi connectivity index (χ1n) is 7.60. The van der Waals surface area contributed by atoms with Crippen molar-refractivity contribution in [2.45, 2.75) is 23.9 Å². The van der Waals surface area contributed by atoms with Crippen LogP contribution in [0.15, 0.2) is 47.4 Å². The summed E-state index contributed by atoms with van der Waals surface area (Å²) in [5, 5.41) is 0. The average molecular weight is 371 g/mol. The van der Waals surface area contributed by atoms with Crippen LogP contribution in [-0.4, -0.2) is 22.1 Å². The lowest BCUT2D eigenvalue weighted by molar-refractivity contribution is -0.137. The van der Waals surface area contributed by atoms with Crippen molar-refractivity contribution in [2.75, 3.05) is 18.0 Å². The summed E-state index contributed by atoms with van der Waals surface area (Å²) in [5.41, 5.74) is 0.280. The lowest BCUT2D eigenvalue weighted by atomic mass is 10.0. The van der Waals surface area contributed by atoms with Gasteiger partial charge in [0.05, 0.1) is 23.3 Å². The number of nitrogens with zero attached hydrogens (tertiary/aromatic N) is 1. The monoisotopic (exact) mass is 371 g/mol. The zero-order valence-corrected chi connectivity index (χ0v) is 14.2. The highest BCUT2D eigenvalue weighted by Crippen LogP contribution is 2.36. The molecule has 0 fully saturated rings. The van der Waals surface area contributed by atoms with Crippen LogP contribution in [0, 0.1) is 0 Å². The Hall–Kier alpha value is -2.22. The maximum Gasteiger partial charge on any atom is 0.416 e. The minimum atomic E-state index is -4.60. The van der Waals surface area contributed by atoms with Gasteiger partial charge in [-0.15, -0.1) is 0 Å². The smallest absolute Gasteiger partial charge is 0.416 e. The van der Waals surface area contributed by atoms with Crippen molar-refractivity contribution in [2.24, 2.45) is 0 Å². The largest absolute Gasteiger partial charge is 0.497 e. The van der Waals surface area contributed by atoms with Crippen LogP contribution in [0.5, 0.6) is 5.75 Å². The Balaban J connectivity index is 2.08. The Kier molecular flexibility index (Phi) is 4.40. The van der Waals surface area contributed by atoms with E-state index in [1.165, 1.54) is 13.2 Å². The van der Waals surface area contributed by atoms with Crippen LogP contribution < -0.4 is 9.04 Å². The van der Waals surface area contributed by atoms with Gasteiger partial charge in [0.25, 0.3) is 10.0 Å². The third kappa shape index (κ3) is 3.30. The minimum absolute atomic E-state index is 0.207. The molecule has 3 rings (SSSR count). The zero-order chi connectivity index (χ0) is 18.2. The number of hydrogen-bond donors (Lipinski definition) is 0. The molecule has 2 aromatic carbocycles. The molecule has 0 amide bonds. The molecule has 0 aliphatic carbocycles. The Morgan fingerprint density at radius 2 is 1.88 bits per heavy atom. The van der Waals surface area contributed by atoms with Gasteiger partial charge in [0, 0.05) is 12.6 Å². The van der Waals surface area contributed by atoms with E-state index in [9.17, 15) is 21.6 Å². The standard InChI is InChI=1S/C17H16F3NO3S/c1-24-14-8-7-12-4-3-9-21(16(12)11-14)25(22,23)15-6-2-5-13(10-15)17(18,19)20/h2,5-8,10-11H,3-4,9H2,1H3. The number of benzene rings is 2. The molecule has 0 aromatic heterocycles. The molecule has 0 N–H and O–H groups in total. The van der Waals surface area contributed by atoms with Crippen molar-refractivity contribution >= 4 is 15.7 Å². The topological polar surface area (TPSA) is 46.6 Å². The second-order valence-electron chi connectivity index (χ2n) is 5.70. The fourth-order valence-corrected chi connectivity index (χ4v) is 4.44. The van der Waals surface area contributed by atoms with Crippen molar-refractivity contribution in [3.63, 3.8) is 0 Å². The molecule has 0 spiro atoms. The highest BCUT2D eigenvalue weighted by molar-refractivity contribution is 7.92. The number of halogens is 3. The van der Waals surface area contributed by atoms with Crippen LogP contribution in [0.2, 0.25) is 0 Å². The Morgan fingerprint density at radius 3 is 2.56 bits per heavy atom. The molecule has 0 radical (unpaired) electrons. The molecule has 8 heteroatoms. The van der Waals surface area contributed by atoms with E-state index in [2.05, 4.69) is 0 Å². The van der Waals surface area contributed by atoms with Gasteiger partial charge in [-0.1, -0.05) is 12.1 Å². The van der Waals surface area contributed by atoms with Gasteiger partial charge in [0.1, 0.15) is 5.75 Å². The number of ether oxygens (including phenoxy) is 1. The molecule has 2 aromatic rings. The van der Waals surface area contributed by atoms with E-state index in [0.717, 1.165) is 22.0 Å². The van der Waals surface area contributed by atoms with Gasteiger partial charge in [-0.05, 0) is 42.7 Å². The summed E-state index contributed by atoms with van der Waals surface area (Å²) in [4.78, 5) is -0.377. The van der Waals surface area contributed by atoms with Crippen LogP contribution in [0.1, 0.15) is 17.5 Å². The van der Waals surface area contributed by atoms with Crippen LogP contribution in [0.25, 0.3) is 0 Å². The van der Waals surface area contributed by atoms with E-state index in [1.807, 2.05) is 0 Å². The molecule has 25 heavy (non-hydrogen) atoms. The van der Waals surface area contributed by atoms with Crippen molar-refractivity contribution in [3.8, 4) is 5.75 Å². The molecule has 0 bridgehead atoms. The van der Waals surface area contributed by atoms with Crippen LogP contribution in [-0.2, 0) is 22.6 Å². The SMILES string of the molecule is COc1ccc2c(c1)N(S(=O)(=O)c1cccc(C(F)(F)F)c1)CCC2. The minimum Gasteiger partial charge on any atom is -0.497 e. The molecule has 0 saturated heterocycles. The number of sulfonamides is 1. The van der Waals surface area contributed by atoms with E-state index in [4.69, 9.17) is 4.74 Å². The number of hydrogen-bond acceptors (Lipinski definition) is 3. The molecule has 1 aliphatic rings. The van der Waals surface area contributed by atoms with Crippen molar-refractivity contribution in [1.29, 1.82) is 0 Å². The predicted octanol–water partition coefficient (Wildman–Crippen LogP) is 3.86. The maximum absolute atomic E-state index is 12.9. The molecule has 0 atom stereocenters. The molecular formula is C17H16F3NO3S. The first kappa shape index (κ1) is 17.6. The summed E-state index contributed by atoms with van der Waals surface area (Å²) in [6.45, 7) is 0.207. The van der Waals surface area contributed by atoms with Crippen molar-refractivity contribution in [1.82, 2.24) is 0 Å². The first-order chi connectivity index (χ1) is 11.7. The summed E-state index contributed by atoms with van der Waals surface area (Å²) >= 11 is 0. The van der Waals surface area contributed by atoms with Gasteiger partial charge in [0.15, 0.2) is 0 Å². The third-order valence-electron chi connectivity index (χ3n) is 4.12. The fourth-order valence-electron chi connectivity index (χ4n) is 2.86. The van der Waals surface area contributed by atoms with Crippen LogP contribution >= 0.6 is 0 Å². The molecule has 0 unspecified atom stereocenters. The quantitative estimate of drug-likeness (QED) is 0.823. The van der Waals surface area contributed by atoms with Crippen LogP contribution in [0.4, 0.5) is 18.9 Å². The first-order valence-corrected chi connectivity index (χ1v) is 9.04. The Morgan fingerprint density at radius 1 is 1.12 bits per heavy atom. The number of aryl methyl sites for hydroxylation is 1. The number of fused-ring (bicyclic) bond motifs is 1. The second-order valence-corrected chi connectivity index (χ2v) is 7.56. The predicted molar refractivity (Wildman–Crippen MR) is 87.3 cm³/mol. The van der Waals surface area contributed by atoms with Gasteiger partial charge in [-0.25, -0.2) is 8.42 Å². The van der Waals surface area contributed by atoms with E-state index >= 15 is 0 Å². The molecule has 1 aliphatic heterocycles. The highest BCUT2D eigenvalue weighted by atomic mass is 32.2. The molecule has 0 saturated carbocycles. The second kappa shape index (κ2) is 6.25. The molecule has 134 valence electrons. The lowest BCUT2D eigenvalue weighted by Gasteiger charge is -2.31. The van der Waals surface area contributed by atoms with E-state index in [1.54, 1.807) is 18.2 Å². The van der Waals surface area contributed by atoms with Gasteiger partial charge in [0.2, 0.25) is 0 Å². The average Bonchev–Trinajstić information content (AvgIpc) is 2.60. The normalized spacial score (nSPS) is 15.0. The van der Waals surface area contributed by atoms with Gasteiger partial charge in [-0.2, -0.15) is 13.2 Å². The summed E-state index contributed by atoms with van der Waals surface area (Å²) in [7, 11) is -2.64. The Labute approximate surface area is 143 Å². The molecule has 1 heterocycles. The van der Waals surface area contributed by atoms with Crippen molar-refractivity contribution < 1.29 is 26.3 Å². The van der Waals surface area contributed by atoms with Crippen molar-refractivity contribution in [3.05, 3.63) is 53.6 Å². The van der Waals surface area contributed by atoms with E-state index < -0.39 is 21.8 Å². The number of methoxy groups -OCH3 is 1. The van der Waals surface area contributed by atoms with E-state index in [-0.39, 0.29) is 11.4 Å². The summed E-state index contributed by atoms with van der Waals surface area (Å²) < 4.78 is 70.9. The van der Waals surface area contributed by atoms with Gasteiger partial charge < -0.3 is 4.74 Å². The molecule has 4 nitrogen and oxygen atoms in total. The number of alkyl halides is 3. The third-order valence-corrected chi connectivity index (χ3v) is 5.93. The number of anilines is 1. The maximum atomic E-state index is 12.9. The lowest BCUT2D eigenvalue weighted by Crippen LogP contribution is -2.35. The Bertz CT molecular complexity index is 894. The van der Waals surface area contributed by atoms with E-state index in [0.29, 0.717) is 30.3 Å². The number of rotatable bonds is 3. The fraction of sp³-hybridized carbons (Fsp3) is 0.294. The van der Waals surface area contributed by atoms with Gasteiger partial charge >= 0.3 is 6.18 Å². The summed E-state index contributed by atoms with van der Waals surface area (Å²) in [6.07, 6.45) is -3.31. The summed E-state index contributed by atoms with van der Waals surface area (Å²) in [5.74, 6) is 0.491. The van der Waals surface area contributed by atoms with Gasteiger partial charge in [-0.3, -0.25) is 4.31 Å².